The highest BCUT2D eigenvalue weighted by molar-refractivity contribution is 5.94. The largest absolute Gasteiger partial charge is 0.325 e. The summed E-state index contributed by atoms with van der Waals surface area (Å²) in [7, 11) is 0. The van der Waals surface area contributed by atoms with Gasteiger partial charge in [-0.2, -0.15) is 0 Å². The van der Waals surface area contributed by atoms with Crippen molar-refractivity contribution in [3.8, 4) is 0 Å². The SMILES string of the molecule is CC(c1ccccc1)N1CCN(c2ccncc2)C1=O. The summed E-state index contributed by atoms with van der Waals surface area (Å²) >= 11 is 0. The van der Waals surface area contributed by atoms with E-state index in [2.05, 4.69) is 24.0 Å². The third-order valence-corrected chi connectivity index (χ3v) is 3.76. The van der Waals surface area contributed by atoms with Crippen molar-refractivity contribution in [2.24, 2.45) is 0 Å². The van der Waals surface area contributed by atoms with Crippen molar-refractivity contribution in [3.63, 3.8) is 0 Å². The van der Waals surface area contributed by atoms with Crippen LogP contribution < -0.4 is 4.90 Å². The normalized spacial score (nSPS) is 16.6. The van der Waals surface area contributed by atoms with Crippen molar-refractivity contribution >= 4 is 11.7 Å². The summed E-state index contributed by atoms with van der Waals surface area (Å²) in [4.78, 5) is 20.3. The van der Waals surface area contributed by atoms with Gasteiger partial charge < -0.3 is 4.90 Å². The minimum atomic E-state index is 0.0625. The number of amides is 2. The van der Waals surface area contributed by atoms with E-state index in [4.69, 9.17) is 0 Å². The lowest BCUT2D eigenvalue weighted by atomic mass is 10.1. The van der Waals surface area contributed by atoms with E-state index in [9.17, 15) is 4.79 Å². The summed E-state index contributed by atoms with van der Waals surface area (Å²) in [5.41, 5.74) is 2.07. The number of urea groups is 1. The fraction of sp³-hybridized carbons (Fsp3) is 0.250. The summed E-state index contributed by atoms with van der Waals surface area (Å²) in [5, 5.41) is 0. The van der Waals surface area contributed by atoms with Gasteiger partial charge in [0.15, 0.2) is 0 Å². The fourth-order valence-corrected chi connectivity index (χ4v) is 2.59. The molecule has 2 heterocycles. The van der Waals surface area contributed by atoms with Crippen LogP contribution in [-0.2, 0) is 0 Å². The van der Waals surface area contributed by atoms with Crippen LogP contribution in [0, 0.1) is 0 Å². The second kappa shape index (κ2) is 5.33. The van der Waals surface area contributed by atoms with Crippen molar-refractivity contribution in [2.75, 3.05) is 18.0 Å². The van der Waals surface area contributed by atoms with Gasteiger partial charge in [0.1, 0.15) is 0 Å². The molecule has 1 saturated heterocycles. The van der Waals surface area contributed by atoms with E-state index in [1.165, 1.54) is 0 Å². The Morgan fingerprint density at radius 2 is 1.75 bits per heavy atom. The number of benzene rings is 1. The number of hydrogen-bond donors (Lipinski definition) is 0. The van der Waals surface area contributed by atoms with Crippen molar-refractivity contribution in [3.05, 3.63) is 60.4 Å². The standard InChI is InChI=1S/C16H17N3O/c1-13(14-5-3-2-4-6-14)18-11-12-19(16(18)20)15-7-9-17-10-8-15/h2-10,13H,11-12H2,1H3. The Kier molecular flexibility index (Phi) is 3.37. The molecule has 102 valence electrons. The molecule has 20 heavy (non-hydrogen) atoms. The molecule has 0 aliphatic carbocycles. The van der Waals surface area contributed by atoms with E-state index in [0.29, 0.717) is 0 Å². The van der Waals surface area contributed by atoms with Gasteiger partial charge >= 0.3 is 6.03 Å². The number of nitrogens with zero attached hydrogens (tertiary/aromatic N) is 3. The zero-order chi connectivity index (χ0) is 13.9. The van der Waals surface area contributed by atoms with Gasteiger partial charge in [-0.3, -0.25) is 9.88 Å². The molecule has 0 saturated carbocycles. The van der Waals surface area contributed by atoms with Crippen molar-refractivity contribution in [2.45, 2.75) is 13.0 Å². The Labute approximate surface area is 118 Å². The molecule has 0 bridgehead atoms. The lowest BCUT2D eigenvalue weighted by molar-refractivity contribution is 0.205. The van der Waals surface area contributed by atoms with Crippen molar-refractivity contribution in [1.82, 2.24) is 9.88 Å². The molecular formula is C16H17N3O. The number of hydrogen-bond acceptors (Lipinski definition) is 2. The van der Waals surface area contributed by atoms with Crippen LogP contribution in [-0.4, -0.2) is 29.0 Å². The Balaban J connectivity index is 1.79. The highest BCUT2D eigenvalue weighted by Gasteiger charge is 2.33. The number of pyridine rings is 1. The van der Waals surface area contributed by atoms with Crippen LogP contribution in [0.3, 0.4) is 0 Å². The molecule has 1 aliphatic rings. The molecular weight excluding hydrogens is 250 g/mol. The van der Waals surface area contributed by atoms with Crippen LogP contribution in [0.25, 0.3) is 0 Å². The van der Waals surface area contributed by atoms with Gasteiger partial charge in [-0.1, -0.05) is 30.3 Å². The molecule has 1 aromatic heterocycles. The third kappa shape index (κ3) is 2.25. The number of aromatic nitrogens is 1. The smallest absolute Gasteiger partial charge is 0.316 e. The molecule has 2 amide bonds. The summed E-state index contributed by atoms with van der Waals surface area (Å²) in [5.74, 6) is 0. The molecule has 1 aromatic carbocycles. The number of rotatable bonds is 3. The van der Waals surface area contributed by atoms with Crippen LogP contribution in [0.1, 0.15) is 18.5 Å². The second-order valence-corrected chi connectivity index (χ2v) is 4.92. The molecule has 4 nitrogen and oxygen atoms in total. The Bertz CT molecular complexity index is 585. The average molecular weight is 267 g/mol. The molecule has 3 rings (SSSR count). The lowest BCUT2D eigenvalue weighted by Crippen LogP contribution is -2.33. The lowest BCUT2D eigenvalue weighted by Gasteiger charge is -2.25. The molecule has 4 heteroatoms. The van der Waals surface area contributed by atoms with Crippen LogP contribution in [0.5, 0.6) is 0 Å². The topological polar surface area (TPSA) is 36.4 Å². The quantitative estimate of drug-likeness (QED) is 0.856. The third-order valence-electron chi connectivity index (χ3n) is 3.76. The Morgan fingerprint density at radius 1 is 1.05 bits per heavy atom. The first-order valence-electron chi connectivity index (χ1n) is 6.80. The highest BCUT2D eigenvalue weighted by atomic mass is 16.2. The van der Waals surface area contributed by atoms with E-state index in [-0.39, 0.29) is 12.1 Å². The number of anilines is 1. The zero-order valence-corrected chi connectivity index (χ0v) is 11.4. The van der Waals surface area contributed by atoms with Crippen LogP contribution in [0.4, 0.5) is 10.5 Å². The molecule has 0 N–H and O–H groups in total. The van der Waals surface area contributed by atoms with Gasteiger partial charge in [-0.15, -0.1) is 0 Å². The maximum atomic E-state index is 12.6. The summed E-state index contributed by atoms with van der Waals surface area (Å²) < 4.78 is 0. The van der Waals surface area contributed by atoms with Gasteiger partial charge in [0.2, 0.25) is 0 Å². The van der Waals surface area contributed by atoms with Gasteiger partial charge in [0.25, 0.3) is 0 Å². The summed E-state index contributed by atoms with van der Waals surface area (Å²) in [6, 6.07) is 14.0. The predicted molar refractivity (Wildman–Crippen MR) is 78.5 cm³/mol. The minimum absolute atomic E-state index is 0.0625. The van der Waals surface area contributed by atoms with Gasteiger partial charge in [-0.05, 0) is 24.6 Å². The molecule has 0 radical (unpaired) electrons. The van der Waals surface area contributed by atoms with Crippen LogP contribution in [0.15, 0.2) is 54.9 Å². The molecule has 1 aliphatic heterocycles. The number of carbonyl (C=O) groups excluding carboxylic acids is 1. The highest BCUT2D eigenvalue weighted by Crippen LogP contribution is 2.27. The van der Waals surface area contributed by atoms with E-state index < -0.39 is 0 Å². The predicted octanol–water partition coefficient (Wildman–Crippen LogP) is 3.08. The zero-order valence-electron chi connectivity index (χ0n) is 11.4. The van der Waals surface area contributed by atoms with E-state index in [0.717, 1.165) is 24.3 Å². The Morgan fingerprint density at radius 3 is 2.45 bits per heavy atom. The number of carbonyl (C=O) groups is 1. The minimum Gasteiger partial charge on any atom is -0.316 e. The van der Waals surface area contributed by atoms with Crippen molar-refractivity contribution in [1.29, 1.82) is 0 Å². The monoisotopic (exact) mass is 267 g/mol. The molecule has 1 fully saturated rings. The van der Waals surface area contributed by atoms with E-state index in [1.807, 2.05) is 35.2 Å². The maximum absolute atomic E-state index is 12.6. The molecule has 2 aromatic rings. The molecule has 0 spiro atoms. The fourth-order valence-electron chi connectivity index (χ4n) is 2.59. The second-order valence-electron chi connectivity index (χ2n) is 4.92. The van der Waals surface area contributed by atoms with E-state index in [1.54, 1.807) is 17.3 Å². The van der Waals surface area contributed by atoms with E-state index >= 15 is 0 Å². The molecule has 1 unspecified atom stereocenters. The van der Waals surface area contributed by atoms with Crippen molar-refractivity contribution < 1.29 is 4.79 Å². The first-order valence-corrected chi connectivity index (χ1v) is 6.80. The first kappa shape index (κ1) is 12.7. The summed E-state index contributed by atoms with van der Waals surface area (Å²) in [6.45, 7) is 3.54. The average Bonchev–Trinajstić information content (AvgIpc) is 2.90. The van der Waals surface area contributed by atoms with Gasteiger partial charge in [-0.25, -0.2) is 4.79 Å². The van der Waals surface area contributed by atoms with Gasteiger partial charge in [0.05, 0.1) is 6.04 Å². The Hall–Kier alpha value is -2.36. The maximum Gasteiger partial charge on any atom is 0.325 e. The molecule has 1 atom stereocenters. The first-order chi connectivity index (χ1) is 9.77. The summed E-state index contributed by atoms with van der Waals surface area (Å²) in [6.07, 6.45) is 3.43. The van der Waals surface area contributed by atoms with Crippen LogP contribution >= 0.6 is 0 Å². The van der Waals surface area contributed by atoms with Gasteiger partial charge in [0, 0.05) is 31.2 Å². The van der Waals surface area contributed by atoms with Crippen LogP contribution in [0.2, 0.25) is 0 Å².